The van der Waals surface area contributed by atoms with Gasteiger partial charge in [0.05, 0.1) is 13.0 Å². The second-order valence-electron chi connectivity index (χ2n) is 7.41. The lowest BCUT2D eigenvalue weighted by Crippen LogP contribution is -2.51. The summed E-state index contributed by atoms with van der Waals surface area (Å²) in [6, 6.07) is 10.5. The highest BCUT2D eigenvalue weighted by molar-refractivity contribution is 5.84. The molecule has 1 aliphatic rings. The molecule has 33 heavy (non-hydrogen) atoms. The number of nitrogens with one attached hydrogen (secondary N) is 2. The van der Waals surface area contributed by atoms with Gasteiger partial charge in [0, 0.05) is 5.92 Å². The molecule has 2 aromatic rings. The minimum absolute atomic E-state index is 0.220. The number of carbonyl (C=O) groups is 3. The Morgan fingerprint density at radius 3 is 2.00 bits per heavy atom. The van der Waals surface area contributed by atoms with Gasteiger partial charge in [0.2, 0.25) is 5.91 Å². The van der Waals surface area contributed by atoms with Crippen molar-refractivity contribution in [2.24, 2.45) is 0 Å². The van der Waals surface area contributed by atoms with Crippen LogP contribution in [0, 0.1) is 0 Å². The first-order chi connectivity index (χ1) is 15.6. The number of alkyl halides is 3. The molecule has 0 bridgehead atoms. The minimum Gasteiger partial charge on any atom is -0.480 e. The molecule has 11 heteroatoms. The van der Waals surface area contributed by atoms with Crippen LogP contribution in [0.15, 0.2) is 48.5 Å². The van der Waals surface area contributed by atoms with Crippen molar-refractivity contribution >= 4 is 18.0 Å². The third kappa shape index (κ3) is 5.61. The number of rotatable bonds is 8. The summed E-state index contributed by atoms with van der Waals surface area (Å²) in [6.45, 7) is -1.22. The van der Waals surface area contributed by atoms with Crippen LogP contribution in [0.4, 0.5) is 18.0 Å². The fraction of sp³-hybridized carbons (Fsp3) is 0.318. The Morgan fingerprint density at radius 2 is 1.52 bits per heavy atom. The van der Waals surface area contributed by atoms with Crippen molar-refractivity contribution in [3.63, 3.8) is 0 Å². The molecular formula is C22H21F3N2O6. The van der Waals surface area contributed by atoms with Crippen LogP contribution in [0.5, 0.6) is 0 Å². The molecule has 2 atom stereocenters. The smallest absolute Gasteiger partial charge is 0.409 e. The maximum atomic E-state index is 13.3. The van der Waals surface area contributed by atoms with E-state index < -0.39 is 49.3 Å². The van der Waals surface area contributed by atoms with Crippen molar-refractivity contribution in [3.05, 3.63) is 59.7 Å². The van der Waals surface area contributed by atoms with Gasteiger partial charge in [-0.3, -0.25) is 4.79 Å². The molecule has 1 aliphatic carbocycles. The number of amides is 2. The first kappa shape index (κ1) is 24.1. The Bertz CT molecular complexity index is 997. The molecule has 0 radical (unpaired) electrons. The van der Waals surface area contributed by atoms with E-state index in [1.807, 2.05) is 48.5 Å². The third-order valence-electron chi connectivity index (χ3n) is 5.24. The summed E-state index contributed by atoms with van der Waals surface area (Å²) in [5, 5.41) is 21.1. The fourth-order valence-electron chi connectivity index (χ4n) is 3.66. The molecule has 176 valence electrons. The molecule has 2 aromatic carbocycles. The van der Waals surface area contributed by atoms with Crippen molar-refractivity contribution in [1.82, 2.24) is 10.6 Å². The summed E-state index contributed by atoms with van der Waals surface area (Å²) < 4.78 is 45.1. The maximum Gasteiger partial charge on any atom is 0.409 e. The van der Waals surface area contributed by atoms with Crippen LogP contribution in [0.3, 0.4) is 0 Å². The summed E-state index contributed by atoms with van der Waals surface area (Å²) in [6.07, 6.45) is -7.65. The zero-order valence-corrected chi connectivity index (χ0v) is 17.1. The summed E-state index contributed by atoms with van der Waals surface area (Å²) in [5.74, 6) is -3.28. The van der Waals surface area contributed by atoms with Gasteiger partial charge in [-0.1, -0.05) is 48.5 Å². The second-order valence-corrected chi connectivity index (χ2v) is 7.41. The van der Waals surface area contributed by atoms with Gasteiger partial charge in [-0.15, -0.1) is 0 Å². The van der Waals surface area contributed by atoms with Gasteiger partial charge in [-0.05, 0) is 22.3 Å². The number of hydrogen-bond donors (Lipinski definition) is 4. The highest BCUT2D eigenvalue weighted by atomic mass is 19.4. The Kier molecular flexibility index (Phi) is 7.22. The molecule has 0 aromatic heterocycles. The minimum atomic E-state index is -5.00. The van der Waals surface area contributed by atoms with Gasteiger partial charge in [-0.25, -0.2) is 9.59 Å². The largest absolute Gasteiger partial charge is 0.480 e. The number of halogens is 3. The molecule has 1 unspecified atom stereocenters. The van der Waals surface area contributed by atoms with Crippen molar-refractivity contribution < 1.29 is 42.5 Å². The lowest BCUT2D eigenvalue weighted by Gasteiger charge is -2.22. The average molecular weight is 466 g/mol. The Labute approximate surface area is 186 Å². The lowest BCUT2D eigenvalue weighted by molar-refractivity contribution is -0.161. The first-order valence-corrected chi connectivity index (χ1v) is 9.93. The molecule has 0 saturated carbocycles. The number of benzene rings is 2. The van der Waals surface area contributed by atoms with Gasteiger partial charge in [0.15, 0.2) is 0 Å². The third-order valence-corrected chi connectivity index (χ3v) is 5.24. The number of ether oxygens (including phenoxy) is 1. The number of alkyl carbamates (subject to hydrolysis) is 1. The standard InChI is InChI=1S/C22H21F3N2O6/c23-22(24,25)18(9-19(29)26-17(10-28)20(30)31)27-21(32)33-11-16-14-7-3-1-5-12(14)13-6-2-4-8-15(13)16/h1-8,16-18,28H,9-11H2,(H,26,29)(H,27,32)(H,30,31)/t17-,18?/m0/s1. The van der Waals surface area contributed by atoms with E-state index in [0.717, 1.165) is 22.3 Å². The van der Waals surface area contributed by atoms with Crippen molar-refractivity contribution in [1.29, 1.82) is 0 Å². The molecule has 0 spiro atoms. The van der Waals surface area contributed by atoms with Gasteiger partial charge in [0.25, 0.3) is 0 Å². The van der Waals surface area contributed by atoms with E-state index in [-0.39, 0.29) is 12.5 Å². The summed E-state index contributed by atoms with van der Waals surface area (Å²) >= 11 is 0. The van der Waals surface area contributed by atoms with Gasteiger partial charge in [0.1, 0.15) is 18.7 Å². The van der Waals surface area contributed by atoms with Crippen LogP contribution in [0.2, 0.25) is 0 Å². The number of aliphatic hydroxyl groups excluding tert-OH is 1. The zero-order chi connectivity index (χ0) is 24.2. The fourth-order valence-corrected chi connectivity index (χ4v) is 3.66. The van der Waals surface area contributed by atoms with Crippen LogP contribution in [-0.2, 0) is 14.3 Å². The quantitative estimate of drug-likeness (QED) is 0.474. The molecule has 0 saturated heterocycles. The molecule has 0 aliphatic heterocycles. The van der Waals surface area contributed by atoms with E-state index in [2.05, 4.69) is 0 Å². The number of carboxylic acids is 1. The van der Waals surface area contributed by atoms with Crippen LogP contribution in [0.1, 0.15) is 23.5 Å². The Hall–Kier alpha value is -3.60. The number of fused-ring (bicyclic) bond motifs is 3. The van der Waals surface area contributed by atoms with Gasteiger partial charge < -0.3 is 25.6 Å². The van der Waals surface area contributed by atoms with Gasteiger partial charge in [-0.2, -0.15) is 13.2 Å². The van der Waals surface area contributed by atoms with E-state index in [1.54, 1.807) is 10.6 Å². The van der Waals surface area contributed by atoms with Crippen molar-refractivity contribution in [2.45, 2.75) is 30.6 Å². The molecule has 0 fully saturated rings. The SMILES string of the molecule is O=C(CC(NC(=O)OCC1c2ccccc2-c2ccccc21)C(F)(F)F)N[C@@H](CO)C(=O)O. The molecule has 2 amide bonds. The predicted octanol–water partition coefficient (Wildman–Crippen LogP) is 2.41. The lowest BCUT2D eigenvalue weighted by atomic mass is 9.98. The number of carbonyl (C=O) groups excluding carboxylic acids is 2. The van der Waals surface area contributed by atoms with E-state index >= 15 is 0 Å². The van der Waals surface area contributed by atoms with Gasteiger partial charge >= 0.3 is 18.2 Å². The molecule has 8 nitrogen and oxygen atoms in total. The highest BCUT2D eigenvalue weighted by Crippen LogP contribution is 2.44. The van der Waals surface area contributed by atoms with Crippen molar-refractivity contribution in [2.75, 3.05) is 13.2 Å². The predicted molar refractivity (Wildman–Crippen MR) is 109 cm³/mol. The maximum absolute atomic E-state index is 13.3. The van der Waals surface area contributed by atoms with E-state index in [9.17, 15) is 27.6 Å². The number of carboxylic acid groups (broad SMARTS) is 1. The number of aliphatic carboxylic acids is 1. The average Bonchev–Trinajstić information content (AvgIpc) is 3.08. The van der Waals surface area contributed by atoms with Crippen LogP contribution < -0.4 is 10.6 Å². The number of hydrogen-bond acceptors (Lipinski definition) is 5. The van der Waals surface area contributed by atoms with Crippen LogP contribution in [-0.4, -0.2) is 59.7 Å². The Morgan fingerprint density at radius 1 is 0.970 bits per heavy atom. The van der Waals surface area contributed by atoms with E-state index in [0.29, 0.717) is 0 Å². The van der Waals surface area contributed by atoms with Crippen molar-refractivity contribution in [3.8, 4) is 11.1 Å². The summed E-state index contributed by atoms with van der Waals surface area (Å²) in [7, 11) is 0. The molecule has 0 heterocycles. The molecule has 3 rings (SSSR count). The highest BCUT2D eigenvalue weighted by Gasteiger charge is 2.43. The monoisotopic (exact) mass is 466 g/mol. The Balaban J connectivity index is 1.65. The number of aliphatic hydroxyl groups is 1. The summed E-state index contributed by atoms with van der Waals surface area (Å²) in [4.78, 5) is 34.8. The zero-order valence-electron chi connectivity index (χ0n) is 17.1. The normalized spacial score (nSPS) is 14.5. The van der Waals surface area contributed by atoms with Crippen LogP contribution in [0.25, 0.3) is 11.1 Å². The summed E-state index contributed by atoms with van der Waals surface area (Å²) in [5.41, 5.74) is 3.65. The topological polar surface area (TPSA) is 125 Å². The van der Waals surface area contributed by atoms with Crippen LogP contribution >= 0.6 is 0 Å². The molecular weight excluding hydrogens is 445 g/mol. The van der Waals surface area contributed by atoms with E-state index in [1.165, 1.54) is 0 Å². The molecule has 4 N–H and O–H groups in total. The van der Waals surface area contributed by atoms with E-state index in [4.69, 9.17) is 14.9 Å². The second kappa shape index (κ2) is 9.90. The first-order valence-electron chi connectivity index (χ1n) is 9.93.